The fourth-order valence-corrected chi connectivity index (χ4v) is 4.11. The van der Waals surface area contributed by atoms with Crippen LogP contribution in [-0.2, 0) is 4.79 Å². The number of hydrogen-bond acceptors (Lipinski definition) is 5. The Morgan fingerprint density at radius 1 is 1.44 bits per heavy atom. The number of non-ortho nitro benzene ring substituents is 1. The molecule has 1 saturated heterocycles. The summed E-state index contributed by atoms with van der Waals surface area (Å²) in [6.07, 6.45) is 2.66. The van der Waals surface area contributed by atoms with E-state index in [1.54, 1.807) is 17.4 Å². The van der Waals surface area contributed by atoms with Crippen LogP contribution in [0.4, 0.5) is 11.4 Å². The molecule has 2 heterocycles. The molecule has 0 unspecified atom stereocenters. The second kappa shape index (κ2) is 7.76. The number of carbonyl (C=O) groups excluding carboxylic acids is 1. The van der Waals surface area contributed by atoms with E-state index in [2.05, 4.69) is 27.7 Å². The van der Waals surface area contributed by atoms with Crippen molar-refractivity contribution in [3.05, 3.63) is 56.3 Å². The molecule has 0 saturated carbocycles. The highest BCUT2D eigenvalue weighted by molar-refractivity contribution is 7.10. The third-order valence-electron chi connectivity index (χ3n) is 4.57. The van der Waals surface area contributed by atoms with Gasteiger partial charge in [-0.2, -0.15) is 0 Å². The van der Waals surface area contributed by atoms with E-state index in [1.807, 2.05) is 6.92 Å². The van der Waals surface area contributed by atoms with E-state index < -0.39 is 4.92 Å². The van der Waals surface area contributed by atoms with Gasteiger partial charge in [-0.05, 0) is 43.3 Å². The van der Waals surface area contributed by atoms with Crippen LogP contribution in [0.25, 0.3) is 0 Å². The second-order valence-corrected chi connectivity index (χ2v) is 7.24. The van der Waals surface area contributed by atoms with E-state index in [4.69, 9.17) is 0 Å². The Kier molecular flexibility index (Phi) is 5.45. The van der Waals surface area contributed by atoms with Gasteiger partial charge in [0.2, 0.25) is 5.91 Å². The first kappa shape index (κ1) is 17.6. The van der Waals surface area contributed by atoms with Crippen LogP contribution in [0.2, 0.25) is 0 Å². The number of anilines is 1. The number of hydrogen-bond donors (Lipinski definition) is 1. The van der Waals surface area contributed by atoms with Crippen molar-refractivity contribution in [3.63, 3.8) is 0 Å². The third-order valence-corrected chi connectivity index (χ3v) is 5.54. The van der Waals surface area contributed by atoms with Crippen LogP contribution in [-0.4, -0.2) is 28.8 Å². The molecule has 1 amide bonds. The summed E-state index contributed by atoms with van der Waals surface area (Å²) >= 11 is 1.76. The lowest BCUT2D eigenvalue weighted by Gasteiger charge is -2.23. The van der Waals surface area contributed by atoms with Crippen molar-refractivity contribution in [1.82, 2.24) is 4.90 Å². The zero-order valence-electron chi connectivity index (χ0n) is 14.1. The number of likely N-dealkylation sites (tertiary alicyclic amines) is 1. The normalized spacial score (nSPS) is 17.6. The number of rotatable bonds is 6. The summed E-state index contributed by atoms with van der Waals surface area (Å²) in [6.45, 7) is 3.53. The molecule has 1 fully saturated rings. The molecule has 1 aromatic carbocycles. The lowest BCUT2D eigenvalue weighted by molar-refractivity contribution is -0.384. The largest absolute Gasteiger partial charge is 0.326 e. The summed E-state index contributed by atoms with van der Waals surface area (Å²) < 4.78 is 0. The summed E-state index contributed by atoms with van der Waals surface area (Å²) in [5, 5.41) is 15.8. The van der Waals surface area contributed by atoms with Gasteiger partial charge in [-0.3, -0.25) is 19.8 Å². The number of carbonyl (C=O) groups is 1. The van der Waals surface area contributed by atoms with Crippen molar-refractivity contribution in [2.24, 2.45) is 0 Å². The number of thiophene rings is 1. The summed E-state index contributed by atoms with van der Waals surface area (Å²) in [5.74, 6) is -0.111. The minimum Gasteiger partial charge on any atom is -0.326 e. The van der Waals surface area contributed by atoms with Crippen LogP contribution in [0.15, 0.2) is 35.7 Å². The van der Waals surface area contributed by atoms with Gasteiger partial charge in [0.05, 0.1) is 10.6 Å². The maximum Gasteiger partial charge on any atom is 0.271 e. The van der Waals surface area contributed by atoms with E-state index >= 15 is 0 Å². The molecular formula is C18H21N3O3S. The fraction of sp³-hybridized carbons (Fsp3) is 0.389. The summed E-state index contributed by atoms with van der Waals surface area (Å²) in [4.78, 5) is 26.4. The van der Waals surface area contributed by atoms with Crippen LogP contribution in [0.3, 0.4) is 0 Å². The van der Waals surface area contributed by atoms with Gasteiger partial charge in [-0.1, -0.05) is 12.1 Å². The van der Waals surface area contributed by atoms with Crippen molar-refractivity contribution in [3.8, 4) is 0 Å². The van der Waals surface area contributed by atoms with Gasteiger partial charge in [0.1, 0.15) is 0 Å². The second-order valence-electron chi connectivity index (χ2n) is 6.26. The Morgan fingerprint density at radius 2 is 2.28 bits per heavy atom. The molecule has 7 heteroatoms. The molecule has 1 N–H and O–H groups in total. The highest BCUT2D eigenvalue weighted by Crippen LogP contribution is 2.34. The lowest BCUT2D eigenvalue weighted by atomic mass is 10.1. The Bertz CT molecular complexity index is 761. The van der Waals surface area contributed by atoms with Crippen molar-refractivity contribution in [2.75, 3.05) is 18.4 Å². The van der Waals surface area contributed by atoms with Crippen LogP contribution >= 0.6 is 11.3 Å². The zero-order valence-corrected chi connectivity index (χ0v) is 14.9. The maximum atomic E-state index is 12.3. The van der Waals surface area contributed by atoms with Gasteiger partial charge in [0, 0.05) is 36.0 Å². The summed E-state index contributed by atoms with van der Waals surface area (Å²) in [5.41, 5.74) is 1.31. The van der Waals surface area contributed by atoms with E-state index in [0.717, 1.165) is 24.9 Å². The first-order valence-corrected chi connectivity index (χ1v) is 9.25. The van der Waals surface area contributed by atoms with Gasteiger partial charge < -0.3 is 5.32 Å². The van der Waals surface area contributed by atoms with Gasteiger partial charge >= 0.3 is 0 Å². The Balaban J connectivity index is 1.58. The molecule has 3 rings (SSSR count). The molecular weight excluding hydrogens is 338 g/mol. The van der Waals surface area contributed by atoms with Crippen molar-refractivity contribution in [1.29, 1.82) is 0 Å². The highest BCUT2D eigenvalue weighted by Gasteiger charge is 2.26. The van der Waals surface area contributed by atoms with Crippen molar-refractivity contribution < 1.29 is 9.72 Å². The molecule has 0 aliphatic carbocycles. The molecule has 0 spiro atoms. The first-order chi connectivity index (χ1) is 12.0. The highest BCUT2D eigenvalue weighted by atomic mass is 32.1. The Hall–Kier alpha value is -2.25. The molecule has 1 aliphatic heterocycles. The SMILES string of the molecule is Cc1ccc([N+](=O)[O-])cc1NC(=O)CCN1CCC[C@@H]1c1cccs1. The van der Waals surface area contributed by atoms with Crippen LogP contribution in [0.5, 0.6) is 0 Å². The number of benzene rings is 1. The fourth-order valence-electron chi connectivity index (χ4n) is 3.21. The summed E-state index contributed by atoms with van der Waals surface area (Å²) in [6, 6.07) is 9.14. The minimum atomic E-state index is -0.453. The van der Waals surface area contributed by atoms with E-state index in [1.165, 1.54) is 17.0 Å². The van der Waals surface area contributed by atoms with E-state index in [0.29, 0.717) is 24.7 Å². The lowest BCUT2D eigenvalue weighted by Crippen LogP contribution is -2.27. The molecule has 1 aliphatic rings. The third kappa shape index (κ3) is 4.24. The number of aryl methyl sites for hydroxylation is 1. The molecule has 6 nitrogen and oxygen atoms in total. The van der Waals surface area contributed by atoms with Gasteiger partial charge in [-0.15, -0.1) is 11.3 Å². The zero-order chi connectivity index (χ0) is 17.8. The number of nitro groups is 1. The Morgan fingerprint density at radius 3 is 3.00 bits per heavy atom. The van der Waals surface area contributed by atoms with E-state index in [-0.39, 0.29) is 11.6 Å². The topological polar surface area (TPSA) is 75.5 Å². The molecule has 0 bridgehead atoms. The van der Waals surface area contributed by atoms with Crippen LogP contribution < -0.4 is 5.32 Å². The average Bonchev–Trinajstić information content (AvgIpc) is 3.25. The monoisotopic (exact) mass is 359 g/mol. The number of nitro benzene ring substituents is 1. The number of nitrogens with zero attached hydrogens (tertiary/aromatic N) is 2. The van der Waals surface area contributed by atoms with Crippen molar-refractivity contribution in [2.45, 2.75) is 32.2 Å². The molecule has 1 aromatic heterocycles. The van der Waals surface area contributed by atoms with Crippen molar-refractivity contribution >= 4 is 28.6 Å². The number of nitrogens with one attached hydrogen (secondary N) is 1. The molecule has 132 valence electrons. The minimum absolute atomic E-state index is 0.0156. The van der Waals surface area contributed by atoms with Gasteiger partial charge in [0.25, 0.3) is 5.69 Å². The van der Waals surface area contributed by atoms with Gasteiger partial charge in [-0.25, -0.2) is 0 Å². The molecule has 25 heavy (non-hydrogen) atoms. The average molecular weight is 359 g/mol. The van der Waals surface area contributed by atoms with Crippen LogP contribution in [0, 0.1) is 17.0 Å². The first-order valence-electron chi connectivity index (χ1n) is 8.37. The maximum absolute atomic E-state index is 12.3. The molecule has 2 aromatic rings. The molecule has 0 radical (unpaired) electrons. The Labute approximate surface area is 150 Å². The van der Waals surface area contributed by atoms with Crippen LogP contribution in [0.1, 0.15) is 35.7 Å². The predicted molar refractivity (Wildman–Crippen MR) is 98.9 cm³/mol. The smallest absolute Gasteiger partial charge is 0.271 e. The van der Waals surface area contributed by atoms with Gasteiger partial charge in [0.15, 0.2) is 0 Å². The quantitative estimate of drug-likeness (QED) is 0.621. The summed E-state index contributed by atoms with van der Waals surface area (Å²) in [7, 11) is 0. The predicted octanol–water partition coefficient (Wildman–Crippen LogP) is 4.13. The molecule has 1 atom stereocenters. The standard InChI is InChI=1S/C18H21N3O3S/c1-13-6-7-14(21(23)24)12-15(13)19-18(22)8-10-20-9-2-4-16(20)17-5-3-11-25-17/h3,5-7,11-12,16H,2,4,8-10H2,1H3,(H,19,22)/t16-/m1/s1. The number of amides is 1. The van der Waals surface area contributed by atoms with E-state index in [9.17, 15) is 14.9 Å².